The average molecular weight is 445 g/mol. The van der Waals surface area contributed by atoms with Gasteiger partial charge in [0, 0.05) is 24.0 Å². The lowest BCUT2D eigenvalue weighted by molar-refractivity contribution is -0.137. The highest BCUT2D eigenvalue weighted by Crippen LogP contribution is 2.32. The number of nitrogens with two attached hydrogens (primary N) is 1. The van der Waals surface area contributed by atoms with Crippen molar-refractivity contribution in [2.24, 2.45) is 0 Å². The summed E-state index contributed by atoms with van der Waals surface area (Å²) in [6.45, 7) is 2.16. The molecule has 4 rings (SSSR count). The molecule has 1 aliphatic heterocycles. The Balaban J connectivity index is 0.00000272. The van der Waals surface area contributed by atoms with E-state index in [0.29, 0.717) is 28.3 Å². The molecule has 31 heavy (non-hydrogen) atoms. The second kappa shape index (κ2) is 8.35. The van der Waals surface area contributed by atoms with Crippen LogP contribution in [0.5, 0.6) is 0 Å². The van der Waals surface area contributed by atoms with Gasteiger partial charge in [-0.05, 0) is 43.3 Å². The Hall–Kier alpha value is -3.45. The lowest BCUT2D eigenvalue weighted by Crippen LogP contribution is -2.43. The largest absolute Gasteiger partial charge is 0.416 e. The van der Waals surface area contributed by atoms with Crippen LogP contribution >= 0.6 is 13.5 Å². The lowest BCUT2D eigenvalue weighted by Gasteiger charge is -2.32. The molecule has 3 heterocycles. The van der Waals surface area contributed by atoms with Crippen LogP contribution in [0.15, 0.2) is 48.8 Å². The van der Waals surface area contributed by atoms with Crippen LogP contribution in [0.4, 0.5) is 24.7 Å². The second-order valence-electron chi connectivity index (χ2n) is 6.88. The summed E-state index contributed by atoms with van der Waals surface area (Å²) >= 11 is 0. The smallest absolute Gasteiger partial charge is 0.384 e. The number of hydrogen-bond acceptors (Lipinski definition) is 4. The molecule has 0 unspecified atom stereocenters. The van der Waals surface area contributed by atoms with Crippen molar-refractivity contribution in [3.8, 4) is 11.8 Å². The monoisotopic (exact) mass is 445 g/mol. The van der Waals surface area contributed by atoms with Crippen LogP contribution in [0.25, 0.3) is 0 Å². The number of aromatic nitrogens is 3. The number of anilines is 2. The highest BCUT2D eigenvalue weighted by atomic mass is 32.1. The Kier molecular flexibility index (Phi) is 5.99. The second-order valence-corrected chi connectivity index (χ2v) is 6.88. The molecule has 0 spiro atoms. The van der Waals surface area contributed by atoms with Crippen molar-refractivity contribution >= 4 is 30.9 Å². The maximum Gasteiger partial charge on any atom is 0.416 e. The molecule has 2 aromatic heterocycles. The Labute approximate surface area is 183 Å². The lowest BCUT2D eigenvalue weighted by atomic mass is 10.1. The summed E-state index contributed by atoms with van der Waals surface area (Å²) in [5, 5.41) is 4.27. The maximum atomic E-state index is 13.1. The number of nitrogens with zero attached hydrogens (tertiary/aromatic N) is 4. The van der Waals surface area contributed by atoms with E-state index in [9.17, 15) is 18.0 Å². The fourth-order valence-corrected chi connectivity index (χ4v) is 3.27. The minimum absolute atomic E-state index is 0. The zero-order valence-electron chi connectivity index (χ0n) is 16.3. The van der Waals surface area contributed by atoms with Crippen LogP contribution < -0.4 is 10.6 Å². The van der Waals surface area contributed by atoms with Crippen LogP contribution in [0.1, 0.15) is 40.1 Å². The fourth-order valence-electron chi connectivity index (χ4n) is 3.27. The average Bonchev–Trinajstić information content (AvgIpc) is 3.14. The quantitative estimate of drug-likeness (QED) is 0.581. The first kappa shape index (κ1) is 22.2. The summed E-state index contributed by atoms with van der Waals surface area (Å²) in [6, 6.07) is 7.66. The minimum Gasteiger partial charge on any atom is -0.384 e. The van der Waals surface area contributed by atoms with Gasteiger partial charge in [-0.2, -0.15) is 31.8 Å². The minimum atomic E-state index is -4.44. The van der Waals surface area contributed by atoms with Crippen molar-refractivity contribution in [3.05, 3.63) is 71.2 Å². The van der Waals surface area contributed by atoms with Gasteiger partial charge >= 0.3 is 6.18 Å². The summed E-state index contributed by atoms with van der Waals surface area (Å²) in [6.07, 6.45) is -1.39. The molecule has 10 heteroatoms. The van der Waals surface area contributed by atoms with Gasteiger partial charge in [-0.1, -0.05) is 11.8 Å². The zero-order valence-corrected chi connectivity index (χ0v) is 17.3. The molecule has 3 aromatic rings. The Bertz CT molecular complexity index is 1180. The van der Waals surface area contributed by atoms with Crippen molar-refractivity contribution in [2.45, 2.75) is 19.1 Å². The fraction of sp³-hybridized carbons (Fsp3) is 0.190. The summed E-state index contributed by atoms with van der Waals surface area (Å²) < 4.78 is 40.1. The van der Waals surface area contributed by atoms with Crippen LogP contribution in [-0.4, -0.2) is 27.2 Å². The van der Waals surface area contributed by atoms with Gasteiger partial charge < -0.3 is 10.6 Å². The molecule has 2 N–H and O–H groups in total. The third kappa shape index (κ3) is 4.36. The van der Waals surface area contributed by atoms with Gasteiger partial charge in [0.15, 0.2) is 0 Å². The topological polar surface area (TPSA) is 77.0 Å². The van der Waals surface area contributed by atoms with E-state index in [1.54, 1.807) is 16.8 Å². The zero-order chi connectivity index (χ0) is 21.5. The molecular weight excluding hydrogens is 427 g/mol. The number of fused-ring (bicyclic) bond motifs is 1. The standard InChI is InChI=1S/C21H16F3N5O.H2S/c1-13-12-28(17-6-4-16(5-7-17)21(22,23)24)20(30)19-15(11-27-29(13)19)3-2-14-8-9-26-18(25)10-14;/h4-11,13H,12H2,1H3,(H2,25,26);1H2/t13-;/m0./s1. The Morgan fingerprint density at radius 2 is 1.87 bits per heavy atom. The number of pyridine rings is 1. The molecule has 160 valence electrons. The van der Waals surface area contributed by atoms with E-state index in [-0.39, 0.29) is 32.0 Å². The molecular formula is C21H18F3N5OS. The third-order valence-electron chi connectivity index (χ3n) is 4.74. The van der Waals surface area contributed by atoms with E-state index in [1.807, 2.05) is 6.92 Å². The Morgan fingerprint density at radius 1 is 1.16 bits per heavy atom. The first-order valence-electron chi connectivity index (χ1n) is 9.04. The maximum absolute atomic E-state index is 13.1. The van der Waals surface area contributed by atoms with E-state index < -0.39 is 11.7 Å². The number of benzene rings is 1. The van der Waals surface area contributed by atoms with Crippen LogP contribution in [0.3, 0.4) is 0 Å². The summed E-state index contributed by atoms with van der Waals surface area (Å²) in [4.78, 5) is 18.5. The normalized spacial score (nSPS) is 15.5. The summed E-state index contributed by atoms with van der Waals surface area (Å²) in [5.74, 6) is 5.83. The van der Waals surface area contributed by atoms with Crippen molar-refractivity contribution in [1.82, 2.24) is 14.8 Å². The molecule has 6 nitrogen and oxygen atoms in total. The molecule has 0 bridgehead atoms. The van der Waals surface area contributed by atoms with Crippen molar-refractivity contribution in [1.29, 1.82) is 0 Å². The molecule has 1 aromatic carbocycles. The number of amides is 1. The van der Waals surface area contributed by atoms with Gasteiger partial charge in [0.2, 0.25) is 0 Å². The third-order valence-corrected chi connectivity index (χ3v) is 4.74. The van der Waals surface area contributed by atoms with Crippen molar-refractivity contribution in [3.63, 3.8) is 0 Å². The number of nitrogen functional groups attached to an aromatic ring is 1. The van der Waals surface area contributed by atoms with Gasteiger partial charge in [0.25, 0.3) is 5.91 Å². The van der Waals surface area contributed by atoms with Gasteiger partial charge in [0.05, 0.1) is 23.4 Å². The highest BCUT2D eigenvalue weighted by Gasteiger charge is 2.34. The molecule has 0 saturated heterocycles. The number of carbonyl (C=O) groups excluding carboxylic acids is 1. The van der Waals surface area contributed by atoms with Crippen molar-refractivity contribution < 1.29 is 18.0 Å². The summed E-state index contributed by atoms with van der Waals surface area (Å²) in [5.41, 5.74) is 6.63. The van der Waals surface area contributed by atoms with Gasteiger partial charge in [-0.15, -0.1) is 0 Å². The summed E-state index contributed by atoms with van der Waals surface area (Å²) in [7, 11) is 0. The van der Waals surface area contributed by atoms with E-state index in [4.69, 9.17) is 5.73 Å². The van der Waals surface area contributed by atoms with Crippen LogP contribution in [0, 0.1) is 11.8 Å². The van der Waals surface area contributed by atoms with Crippen LogP contribution in [-0.2, 0) is 6.18 Å². The van der Waals surface area contributed by atoms with E-state index >= 15 is 0 Å². The van der Waals surface area contributed by atoms with E-state index in [0.717, 1.165) is 12.1 Å². The van der Waals surface area contributed by atoms with E-state index in [1.165, 1.54) is 29.4 Å². The molecule has 0 saturated carbocycles. The molecule has 0 fully saturated rings. The predicted molar refractivity (Wildman–Crippen MR) is 115 cm³/mol. The molecule has 1 atom stereocenters. The first-order chi connectivity index (χ1) is 14.2. The number of hydrogen-bond donors (Lipinski definition) is 1. The van der Waals surface area contributed by atoms with Gasteiger partial charge in [-0.25, -0.2) is 4.98 Å². The number of halogens is 3. The SMILES string of the molecule is C[C@H]1CN(c2ccc(C(F)(F)F)cc2)C(=O)c2c(C#Cc3ccnc(N)c3)cnn21.S. The number of rotatable bonds is 1. The first-order valence-corrected chi connectivity index (χ1v) is 9.04. The number of carbonyl (C=O) groups is 1. The van der Waals surface area contributed by atoms with E-state index in [2.05, 4.69) is 21.9 Å². The highest BCUT2D eigenvalue weighted by molar-refractivity contribution is 7.59. The number of alkyl halides is 3. The molecule has 0 aliphatic carbocycles. The van der Waals surface area contributed by atoms with Gasteiger partial charge in [0.1, 0.15) is 11.5 Å². The van der Waals surface area contributed by atoms with Gasteiger partial charge in [-0.3, -0.25) is 9.48 Å². The van der Waals surface area contributed by atoms with Crippen molar-refractivity contribution in [2.75, 3.05) is 17.2 Å². The van der Waals surface area contributed by atoms with Crippen LogP contribution in [0.2, 0.25) is 0 Å². The Morgan fingerprint density at radius 3 is 2.52 bits per heavy atom. The molecule has 0 radical (unpaired) electrons. The molecule has 1 aliphatic rings. The molecule has 1 amide bonds. The predicted octanol–water partition coefficient (Wildman–Crippen LogP) is 3.61.